The highest BCUT2D eigenvalue weighted by Gasteiger charge is 2.29. The van der Waals surface area contributed by atoms with E-state index >= 15 is 0 Å². The van der Waals surface area contributed by atoms with Gasteiger partial charge >= 0.3 is 0 Å². The van der Waals surface area contributed by atoms with Gasteiger partial charge in [0.2, 0.25) is 15.2 Å². The molecule has 2 aromatic rings. The molecule has 1 aromatic heterocycles. The number of piperidine rings is 1. The molecule has 1 amide bonds. The monoisotopic (exact) mass is 484 g/mol. The molecule has 170 valence electrons. The lowest BCUT2D eigenvalue weighted by Gasteiger charge is -2.29. The normalized spacial score (nSPS) is 15.9. The molecule has 0 spiro atoms. The van der Waals surface area contributed by atoms with Crippen LogP contribution in [0.4, 0.5) is 5.13 Å². The van der Waals surface area contributed by atoms with E-state index in [9.17, 15) is 13.2 Å². The van der Waals surface area contributed by atoms with Crippen LogP contribution in [-0.2, 0) is 10.0 Å². The van der Waals surface area contributed by atoms with E-state index in [0.717, 1.165) is 22.9 Å². The van der Waals surface area contributed by atoms with E-state index in [2.05, 4.69) is 36.3 Å². The molecule has 1 saturated heterocycles. The quantitative estimate of drug-likeness (QED) is 0.447. The Kier molecular flexibility index (Phi) is 7.95. The van der Waals surface area contributed by atoms with Gasteiger partial charge in [0.1, 0.15) is 5.75 Å². The Labute approximate surface area is 191 Å². The highest BCUT2D eigenvalue weighted by molar-refractivity contribution is 8.01. The van der Waals surface area contributed by atoms with E-state index in [-0.39, 0.29) is 10.5 Å². The second-order valence-corrected chi connectivity index (χ2v) is 12.2. The Balaban J connectivity index is 1.79. The Morgan fingerprint density at radius 2 is 2.03 bits per heavy atom. The Hall–Kier alpha value is -1.69. The largest absolute Gasteiger partial charge is 0.496 e. The number of hydrogen-bond acceptors (Lipinski definition) is 8. The van der Waals surface area contributed by atoms with Crippen LogP contribution in [0.5, 0.6) is 5.75 Å². The highest BCUT2D eigenvalue weighted by Crippen LogP contribution is 2.30. The fourth-order valence-corrected chi connectivity index (χ4v) is 6.34. The molecule has 1 aliphatic heterocycles. The first kappa shape index (κ1) is 24.0. The highest BCUT2D eigenvalue weighted by atomic mass is 32.2. The van der Waals surface area contributed by atoms with Crippen LogP contribution in [0.3, 0.4) is 0 Å². The molecule has 31 heavy (non-hydrogen) atoms. The van der Waals surface area contributed by atoms with Crippen molar-refractivity contribution in [2.24, 2.45) is 11.8 Å². The number of nitrogens with one attached hydrogen (secondary N) is 1. The van der Waals surface area contributed by atoms with E-state index in [0.29, 0.717) is 35.8 Å². The van der Waals surface area contributed by atoms with Gasteiger partial charge in [-0.1, -0.05) is 43.9 Å². The first-order valence-electron chi connectivity index (χ1n) is 10.2. The zero-order valence-corrected chi connectivity index (χ0v) is 20.6. The first-order chi connectivity index (χ1) is 14.7. The van der Waals surface area contributed by atoms with Crippen molar-refractivity contribution in [1.82, 2.24) is 14.5 Å². The van der Waals surface area contributed by atoms with Gasteiger partial charge in [-0.25, -0.2) is 8.42 Å². The fourth-order valence-electron chi connectivity index (χ4n) is 3.12. The van der Waals surface area contributed by atoms with Crippen molar-refractivity contribution in [1.29, 1.82) is 0 Å². The third-order valence-corrected chi connectivity index (χ3v) is 9.26. The summed E-state index contributed by atoms with van der Waals surface area (Å²) in [4.78, 5) is 13.0. The Morgan fingerprint density at radius 3 is 2.68 bits per heavy atom. The summed E-state index contributed by atoms with van der Waals surface area (Å²) in [6.07, 6.45) is 1.66. The third kappa shape index (κ3) is 5.97. The average Bonchev–Trinajstić information content (AvgIpc) is 3.19. The maximum atomic E-state index is 13.1. The number of amides is 1. The summed E-state index contributed by atoms with van der Waals surface area (Å²) in [5, 5.41) is 11.2. The predicted octanol–water partition coefficient (Wildman–Crippen LogP) is 3.97. The number of methoxy groups -OCH3 is 1. The summed E-state index contributed by atoms with van der Waals surface area (Å²) in [7, 11) is -2.24. The van der Waals surface area contributed by atoms with Gasteiger partial charge in [0.25, 0.3) is 5.91 Å². The second-order valence-electron chi connectivity index (χ2n) is 7.98. The lowest BCUT2D eigenvalue weighted by atomic mass is 10.0. The number of benzene rings is 1. The van der Waals surface area contributed by atoms with Crippen LogP contribution in [0.2, 0.25) is 0 Å². The molecular weight excluding hydrogens is 456 g/mol. The number of ether oxygens (including phenoxy) is 1. The standard InChI is InChI=1S/C20H28N4O4S3/c1-13(2)12-29-20-23-22-19(30-20)21-18(25)16-11-15(5-6-17(16)28-4)31(26,27)24-9-7-14(3)8-10-24/h5-6,11,13-14H,7-10,12H2,1-4H3,(H,21,22,25). The number of rotatable bonds is 8. The number of carbonyl (C=O) groups excluding carboxylic acids is 1. The zero-order chi connectivity index (χ0) is 22.6. The van der Waals surface area contributed by atoms with Crippen LogP contribution in [-0.4, -0.2) is 54.8 Å². The molecule has 0 unspecified atom stereocenters. The Bertz CT molecular complexity index is 1020. The lowest BCUT2D eigenvalue weighted by molar-refractivity contribution is 0.102. The minimum absolute atomic E-state index is 0.0819. The Morgan fingerprint density at radius 1 is 1.32 bits per heavy atom. The topological polar surface area (TPSA) is 101 Å². The molecule has 3 rings (SSSR count). The molecule has 1 aliphatic rings. The van der Waals surface area contributed by atoms with Gasteiger partial charge in [-0.05, 0) is 42.9 Å². The second kappa shape index (κ2) is 10.3. The smallest absolute Gasteiger partial charge is 0.261 e. The molecule has 11 heteroatoms. The maximum Gasteiger partial charge on any atom is 0.261 e. The minimum Gasteiger partial charge on any atom is -0.496 e. The summed E-state index contributed by atoms with van der Waals surface area (Å²) < 4.78 is 33.7. The van der Waals surface area contributed by atoms with Crippen molar-refractivity contribution >= 4 is 44.2 Å². The van der Waals surface area contributed by atoms with Crippen LogP contribution in [0.15, 0.2) is 27.4 Å². The predicted molar refractivity (Wildman–Crippen MR) is 124 cm³/mol. The van der Waals surface area contributed by atoms with Crippen LogP contribution in [0, 0.1) is 11.8 Å². The molecule has 1 fully saturated rings. The third-order valence-electron chi connectivity index (χ3n) is 4.96. The minimum atomic E-state index is -3.68. The summed E-state index contributed by atoms with van der Waals surface area (Å²) in [6, 6.07) is 4.37. The van der Waals surface area contributed by atoms with Crippen molar-refractivity contribution in [3.8, 4) is 5.75 Å². The fraction of sp³-hybridized carbons (Fsp3) is 0.550. The SMILES string of the molecule is COc1ccc(S(=O)(=O)N2CCC(C)CC2)cc1C(=O)Nc1nnc(SCC(C)C)s1. The number of thioether (sulfide) groups is 1. The molecule has 1 aromatic carbocycles. The molecule has 8 nitrogen and oxygen atoms in total. The van der Waals surface area contributed by atoms with Gasteiger partial charge < -0.3 is 4.74 Å². The van der Waals surface area contributed by atoms with Gasteiger partial charge in [-0.2, -0.15) is 4.31 Å². The van der Waals surface area contributed by atoms with Crippen LogP contribution in [0.1, 0.15) is 44.0 Å². The summed E-state index contributed by atoms with van der Waals surface area (Å²) in [5.74, 6) is 1.74. The van der Waals surface area contributed by atoms with Crippen molar-refractivity contribution in [3.05, 3.63) is 23.8 Å². The van der Waals surface area contributed by atoms with Gasteiger partial charge in [0.15, 0.2) is 4.34 Å². The van der Waals surface area contributed by atoms with E-state index in [4.69, 9.17) is 4.74 Å². The van der Waals surface area contributed by atoms with Crippen LogP contribution in [0.25, 0.3) is 0 Å². The number of nitrogens with zero attached hydrogens (tertiary/aromatic N) is 3. The first-order valence-corrected chi connectivity index (χ1v) is 13.4. The molecule has 0 atom stereocenters. The van der Waals surface area contributed by atoms with Crippen LogP contribution >= 0.6 is 23.1 Å². The summed E-state index contributed by atoms with van der Waals surface area (Å²) in [5.41, 5.74) is 0.139. The molecule has 0 bridgehead atoms. The van der Waals surface area contributed by atoms with Gasteiger partial charge in [0.05, 0.1) is 17.6 Å². The lowest BCUT2D eigenvalue weighted by Crippen LogP contribution is -2.37. The molecule has 2 heterocycles. The zero-order valence-electron chi connectivity index (χ0n) is 18.1. The van der Waals surface area contributed by atoms with Crippen molar-refractivity contribution in [3.63, 3.8) is 0 Å². The van der Waals surface area contributed by atoms with E-state index in [1.54, 1.807) is 11.8 Å². The number of carbonyl (C=O) groups is 1. The molecule has 1 N–H and O–H groups in total. The van der Waals surface area contributed by atoms with E-state index in [1.165, 1.54) is 41.0 Å². The van der Waals surface area contributed by atoms with Crippen molar-refractivity contribution in [2.45, 2.75) is 42.8 Å². The van der Waals surface area contributed by atoms with Gasteiger partial charge in [-0.15, -0.1) is 10.2 Å². The van der Waals surface area contributed by atoms with Crippen LogP contribution < -0.4 is 10.1 Å². The average molecular weight is 485 g/mol. The maximum absolute atomic E-state index is 13.1. The number of anilines is 1. The molecule has 0 aliphatic carbocycles. The summed E-state index contributed by atoms with van der Waals surface area (Å²) in [6.45, 7) is 7.33. The molecule has 0 saturated carbocycles. The van der Waals surface area contributed by atoms with Gasteiger partial charge in [0, 0.05) is 18.8 Å². The molecular formula is C20H28N4O4S3. The number of sulfonamides is 1. The summed E-state index contributed by atoms with van der Waals surface area (Å²) >= 11 is 2.87. The number of aromatic nitrogens is 2. The molecule has 0 radical (unpaired) electrons. The van der Waals surface area contributed by atoms with Gasteiger partial charge in [-0.3, -0.25) is 10.1 Å². The van der Waals surface area contributed by atoms with Crippen molar-refractivity contribution in [2.75, 3.05) is 31.3 Å². The number of hydrogen-bond donors (Lipinski definition) is 1. The van der Waals surface area contributed by atoms with Crippen molar-refractivity contribution < 1.29 is 17.9 Å². The van der Waals surface area contributed by atoms with E-state index < -0.39 is 15.9 Å². The van der Waals surface area contributed by atoms with E-state index in [1.807, 2.05) is 0 Å².